The van der Waals surface area contributed by atoms with Gasteiger partial charge in [-0.2, -0.15) is 0 Å². The summed E-state index contributed by atoms with van der Waals surface area (Å²) in [5.41, 5.74) is 2.47. The molecule has 0 atom stereocenters. The third kappa shape index (κ3) is 4.72. The van der Waals surface area contributed by atoms with Crippen LogP contribution in [0, 0.1) is 3.57 Å². The smallest absolute Gasteiger partial charge is 0.255 e. The van der Waals surface area contributed by atoms with Gasteiger partial charge in [-0.05, 0) is 58.5 Å². The maximum atomic E-state index is 12.9. The van der Waals surface area contributed by atoms with E-state index in [4.69, 9.17) is 0 Å². The van der Waals surface area contributed by atoms with Gasteiger partial charge >= 0.3 is 0 Å². The molecule has 0 aliphatic carbocycles. The van der Waals surface area contributed by atoms with Gasteiger partial charge in [0.05, 0.1) is 10.5 Å². The summed E-state index contributed by atoms with van der Waals surface area (Å²) in [6, 6.07) is 12.5. The number of hydrogen-bond donors (Lipinski definition) is 0. The Labute approximate surface area is 178 Å². The summed E-state index contributed by atoms with van der Waals surface area (Å²) < 4.78 is 24.4. The standard InChI is InChI=1S/C20H21IN2O4S/c1-28(26,27)17-6-7-19(21)18(14-17)20(25)23-11-9-22(10-12-23)16-4-2-15(3-5-16)8-13-24/h2-7,13-14H,8-12H2,1H3. The molecule has 1 aliphatic rings. The number of anilines is 1. The van der Waals surface area contributed by atoms with Gasteiger partial charge in [-0.15, -0.1) is 0 Å². The van der Waals surface area contributed by atoms with Gasteiger partial charge in [0.1, 0.15) is 6.29 Å². The van der Waals surface area contributed by atoms with Crippen LogP contribution in [0.3, 0.4) is 0 Å². The van der Waals surface area contributed by atoms with Gasteiger partial charge in [-0.3, -0.25) is 4.79 Å². The molecular formula is C20H21IN2O4S. The average molecular weight is 512 g/mol. The SMILES string of the molecule is CS(=O)(=O)c1ccc(I)c(C(=O)N2CCN(c3ccc(CC=O)cc3)CC2)c1. The number of carbonyl (C=O) groups excluding carboxylic acids is 2. The fourth-order valence-corrected chi connectivity index (χ4v) is 4.39. The summed E-state index contributed by atoms with van der Waals surface area (Å²) >= 11 is 2.06. The van der Waals surface area contributed by atoms with E-state index in [0.717, 1.165) is 27.4 Å². The molecule has 0 bridgehead atoms. The molecule has 2 aromatic carbocycles. The Bertz CT molecular complexity index is 982. The molecule has 0 unspecified atom stereocenters. The number of amides is 1. The fourth-order valence-electron chi connectivity index (χ4n) is 3.18. The van der Waals surface area contributed by atoms with Crippen molar-refractivity contribution < 1.29 is 18.0 Å². The first-order valence-electron chi connectivity index (χ1n) is 8.86. The van der Waals surface area contributed by atoms with Gasteiger partial charge in [-0.1, -0.05) is 12.1 Å². The number of hydrogen-bond acceptors (Lipinski definition) is 5. The van der Waals surface area contributed by atoms with E-state index in [1.54, 1.807) is 11.0 Å². The first-order valence-corrected chi connectivity index (χ1v) is 11.8. The molecule has 1 heterocycles. The molecule has 8 heteroatoms. The lowest BCUT2D eigenvalue weighted by Crippen LogP contribution is -2.49. The Morgan fingerprint density at radius 1 is 1.07 bits per heavy atom. The zero-order chi connectivity index (χ0) is 20.3. The van der Waals surface area contributed by atoms with Gasteiger partial charge in [-0.25, -0.2) is 8.42 Å². The molecule has 0 N–H and O–H groups in total. The van der Waals surface area contributed by atoms with Crippen LogP contribution in [-0.2, 0) is 21.1 Å². The lowest BCUT2D eigenvalue weighted by molar-refractivity contribution is -0.107. The number of nitrogens with zero attached hydrogens (tertiary/aromatic N) is 2. The Hall–Kier alpha value is -1.94. The Kier molecular flexibility index (Phi) is 6.39. The lowest BCUT2D eigenvalue weighted by atomic mass is 10.1. The van der Waals surface area contributed by atoms with Crippen molar-refractivity contribution in [1.82, 2.24) is 4.90 Å². The molecular weight excluding hydrogens is 491 g/mol. The minimum Gasteiger partial charge on any atom is -0.368 e. The molecule has 28 heavy (non-hydrogen) atoms. The first-order chi connectivity index (χ1) is 13.3. The molecule has 2 aromatic rings. The van der Waals surface area contributed by atoms with E-state index in [1.807, 2.05) is 24.3 Å². The van der Waals surface area contributed by atoms with Crippen LogP contribution in [0.2, 0.25) is 0 Å². The second-order valence-corrected chi connectivity index (χ2v) is 9.91. The molecule has 1 fully saturated rings. The maximum Gasteiger partial charge on any atom is 0.255 e. The van der Waals surface area contributed by atoms with Gasteiger partial charge in [0, 0.05) is 48.1 Å². The summed E-state index contributed by atoms with van der Waals surface area (Å²) in [6.07, 6.45) is 2.44. The zero-order valence-corrected chi connectivity index (χ0v) is 18.4. The van der Waals surface area contributed by atoms with E-state index in [0.29, 0.717) is 38.2 Å². The van der Waals surface area contributed by atoms with Crippen molar-refractivity contribution in [2.24, 2.45) is 0 Å². The highest BCUT2D eigenvalue weighted by molar-refractivity contribution is 14.1. The van der Waals surface area contributed by atoms with Crippen molar-refractivity contribution in [3.8, 4) is 0 Å². The van der Waals surface area contributed by atoms with Crippen molar-refractivity contribution in [2.45, 2.75) is 11.3 Å². The van der Waals surface area contributed by atoms with Crippen molar-refractivity contribution in [3.05, 3.63) is 57.2 Å². The van der Waals surface area contributed by atoms with E-state index in [-0.39, 0.29) is 10.8 Å². The normalized spacial score (nSPS) is 14.8. The Balaban J connectivity index is 1.69. The topological polar surface area (TPSA) is 74.8 Å². The number of sulfone groups is 1. The fraction of sp³-hybridized carbons (Fsp3) is 0.300. The van der Waals surface area contributed by atoms with Crippen LogP contribution in [0.4, 0.5) is 5.69 Å². The van der Waals surface area contributed by atoms with Gasteiger partial charge in [0.2, 0.25) is 0 Å². The molecule has 3 rings (SSSR count). The summed E-state index contributed by atoms with van der Waals surface area (Å²) in [5, 5.41) is 0. The van der Waals surface area contributed by atoms with Crippen LogP contribution in [0.5, 0.6) is 0 Å². The van der Waals surface area contributed by atoms with Crippen LogP contribution in [0.1, 0.15) is 15.9 Å². The van der Waals surface area contributed by atoms with Crippen LogP contribution >= 0.6 is 22.6 Å². The second kappa shape index (κ2) is 8.60. The highest BCUT2D eigenvalue weighted by Gasteiger charge is 2.24. The van der Waals surface area contributed by atoms with Crippen molar-refractivity contribution in [3.63, 3.8) is 0 Å². The Morgan fingerprint density at radius 2 is 1.71 bits per heavy atom. The highest BCUT2D eigenvalue weighted by Crippen LogP contribution is 2.22. The predicted molar refractivity (Wildman–Crippen MR) is 117 cm³/mol. The third-order valence-corrected chi connectivity index (χ3v) is 6.83. The largest absolute Gasteiger partial charge is 0.368 e. The van der Waals surface area contributed by atoms with E-state index < -0.39 is 9.84 Å². The highest BCUT2D eigenvalue weighted by atomic mass is 127. The monoisotopic (exact) mass is 512 g/mol. The van der Waals surface area contributed by atoms with Crippen molar-refractivity contribution in [1.29, 1.82) is 0 Å². The van der Waals surface area contributed by atoms with Crippen LogP contribution in [-0.4, -0.2) is 57.9 Å². The average Bonchev–Trinajstić information content (AvgIpc) is 2.68. The summed E-state index contributed by atoms with van der Waals surface area (Å²) in [5.74, 6) is -0.143. The molecule has 6 nitrogen and oxygen atoms in total. The molecule has 1 aliphatic heterocycles. The van der Waals surface area contributed by atoms with Crippen LogP contribution < -0.4 is 4.90 Å². The third-order valence-electron chi connectivity index (χ3n) is 4.78. The zero-order valence-electron chi connectivity index (χ0n) is 15.5. The minimum atomic E-state index is -3.36. The van der Waals surface area contributed by atoms with E-state index in [2.05, 4.69) is 27.5 Å². The first kappa shape index (κ1) is 20.8. The predicted octanol–water partition coefficient (Wildman–Crippen LogP) is 2.40. The van der Waals surface area contributed by atoms with E-state index >= 15 is 0 Å². The van der Waals surface area contributed by atoms with Gasteiger partial charge in [0.25, 0.3) is 5.91 Å². The van der Waals surface area contributed by atoms with E-state index in [1.165, 1.54) is 12.1 Å². The summed E-state index contributed by atoms with van der Waals surface area (Å²) in [6.45, 7) is 2.52. The number of piperazine rings is 1. The van der Waals surface area contributed by atoms with E-state index in [9.17, 15) is 18.0 Å². The van der Waals surface area contributed by atoms with Gasteiger partial charge in [0.15, 0.2) is 9.84 Å². The number of aldehydes is 1. The van der Waals surface area contributed by atoms with Crippen molar-refractivity contribution in [2.75, 3.05) is 37.3 Å². The molecule has 0 radical (unpaired) electrons. The van der Waals surface area contributed by atoms with Crippen molar-refractivity contribution >= 4 is 50.3 Å². The van der Waals surface area contributed by atoms with Gasteiger partial charge < -0.3 is 14.6 Å². The number of benzene rings is 2. The molecule has 0 saturated carbocycles. The quantitative estimate of drug-likeness (QED) is 0.455. The lowest BCUT2D eigenvalue weighted by Gasteiger charge is -2.36. The number of carbonyl (C=O) groups is 2. The molecule has 148 valence electrons. The van der Waals surface area contributed by atoms with Crippen LogP contribution in [0.15, 0.2) is 47.4 Å². The molecule has 0 aromatic heterocycles. The summed E-state index contributed by atoms with van der Waals surface area (Å²) in [7, 11) is -3.36. The molecule has 1 amide bonds. The minimum absolute atomic E-state index is 0.143. The summed E-state index contributed by atoms with van der Waals surface area (Å²) in [4.78, 5) is 27.7. The van der Waals surface area contributed by atoms with Crippen LogP contribution in [0.25, 0.3) is 0 Å². The number of halogens is 1. The second-order valence-electron chi connectivity index (χ2n) is 6.73. The molecule has 0 spiro atoms. The maximum absolute atomic E-state index is 12.9. The Morgan fingerprint density at radius 3 is 2.29 bits per heavy atom. The number of rotatable bonds is 5. The molecule has 1 saturated heterocycles.